The molecule has 0 bridgehead atoms. The van der Waals surface area contributed by atoms with E-state index in [1.165, 1.54) is 0 Å². The molecule has 66 valence electrons. The number of hydrogen-bond donors (Lipinski definition) is 1. The molecule has 0 aliphatic heterocycles. The second-order valence-electron chi connectivity index (χ2n) is 2.66. The first kappa shape index (κ1) is 9.37. The van der Waals surface area contributed by atoms with Gasteiger partial charge in [-0.25, -0.2) is 0 Å². The van der Waals surface area contributed by atoms with E-state index < -0.39 is 0 Å². The van der Waals surface area contributed by atoms with Crippen LogP contribution >= 0.6 is 44.1 Å². The van der Waals surface area contributed by atoms with Gasteiger partial charge in [-0.1, -0.05) is 34.2 Å². The number of aromatic amines is 1. The average molecular weight is 319 g/mol. The van der Waals surface area contributed by atoms with E-state index in [4.69, 9.17) is 12.2 Å². The number of halogens is 2. The van der Waals surface area contributed by atoms with Crippen LogP contribution < -0.4 is 0 Å². The predicted molar refractivity (Wildman–Crippen MR) is 64.5 cm³/mol. The monoisotopic (exact) mass is 317 g/mol. The zero-order valence-corrected chi connectivity index (χ0v) is 10.5. The van der Waals surface area contributed by atoms with Crippen molar-refractivity contribution in [1.82, 2.24) is 4.98 Å². The summed E-state index contributed by atoms with van der Waals surface area (Å²) in [6, 6.07) is 6.05. The molecule has 4 heteroatoms. The number of benzene rings is 1. The third kappa shape index (κ3) is 1.71. The maximum atomic E-state index is 5.18. The van der Waals surface area contributed by atoms with Crippen LogP contribution in [0.3, 0.4) is 0 Å². The van der Waals surface area contributed by atoms with Crippen molar-refractivity contribution in [3.63, 3.8) is 0 Å². The first-order valence-corrected chi connectivity index (χ1v) is 5.64. The maximum absolute atomic E-state index is 5.18. The highest BCUT2D eigenvalue weighted by atomic mass is 79.9. The van der Waals surface area contributed by atoms with Gasteiger partial charge in [-0.2, -0.15) is 0 Å². The number of rotatable bonds is 0. The van der Waals surface area contributed by atoms with E-state index in [1.54, 1.807) is 0 Å². The minimum Gasteiger partial charge on any atom is -0.351 e. The van der Waals surface area contributed by atoms with E-state index in [1.807, 2.05) is 24.4 Å². The van der Waals surface area contributed by atoms with Crippen LogP contribution in [-0.4, -0.2) is 4.98 Å². The molecule has 0 unspecified atom stereocenters. The van der Waals surface area contributed by atoms with Gasteiger partial charge in [0.25, 0.3) is 0 Å². The second-order valence-corrected chi connectivity index (χ2v) is 4.83. The summed E-state index contributed by atoms with van der Waals surface area (Å²) in [4.78, 5) is 3.02. The minimum atomic E-state index is 0.763. The van der Waals surface area contributed by atoms with Gasteiger partial charge in [-0.3, -0.25) is 0 Å². The number of nitrogens with one attached hydrogen (secondary N) is 1. The standard InChI is InChI=1S/C9H5Br2NS/c10-5-1-2-6-7(3-5)9(13)12-4-8(6)11/h1-4H,(H,12,13). The van der Waals surface area contributed by atoms with Crippen LogP contribution in [0, 0.1) is 4.64 Å². The summed E-state index contributed by atoms with van der Waals surface area (Å²) in [5.41, 5.74) is 0. The first-order valence-electron chi connectivity index (χ1n) is 3.65. The Balaban J connectivity index is 3.01. The molecule has 2 aromatic rings. The Hall–Kier alpha value is -0.190. The van der Waals surface area contributed by atoms with Gasteiger partial charge in [0.2, 0.25) is 0 Å². The lowest BCUT2D eigenvalue weighted by atomic mass is 10.2. The molecule has 0 aliphatic carbocycles. The molecule has 0 atom stereocenters. The Kier molecular flexibility index (Phi) is 2.53. The predicted octanol–water partition coefficient (Wildman–Crippen LogP) is 4.42. The molecule has 1 aromatic heterocycles. The van der Waals surface area contributed by atoms with E-state index in [9.17, 15) is 0 Å². The molecule has 2 rings (SSSR count). The Bertz CT molecular complexity index is 518. The van der Waals surface area contributed by atoms with Crippen LogP contribution in [-0.2, 0) is 0 Å². The third-order valence-electron chi connectivity index (χ3n) is 1.81. The Morgan fingerprint density at radius 3 is 2.69 bits per heavy atom. The first-order chi connectivity index (χ1) is 6.18. The van der Waals surface area contributed by atoms with Crippen molar-refractivity contribution in [3.05, 3.63) is 38.0 Å². The van der Waals surface area contributed by atoms with Gasteiger partial charge in [0.05, 0.1) is 0 Å². The lowest BCUT2D eigenvalue weighted by molar-refractivity contribution is 1.32. The van der Waals surface area contributed by atoms with Crippen LogP contribution in [0.2, 0.25) is 0 Å². The molecule has 1 aromatic carbocycles. The normalized spacial score (nSPS) is 10.6. The van der Waals surface area contributed by atoms with Gasteiger partial charge in [0.15, 0.2) is 0 Å². The van der Waals surface area contributed by atoms with E-state index in [0.29, 0.717) is 0 Å². The fourth-order valence-corrected chi connectivity index (χ4v) is 2.25. The summed E-state index contributed by atoms with van der Waals surface area (Å²) in [5.74, 6) is 0. The summed E-state index contributed by atoms with van der Waals surface area (Å²) in [5, 5.41) is 2.19. The molecule has 1 heterocycles. The highest BCUT2D eigenvalue weighted by molar-refractivity contribution is 9.11. The van der Waals surface area contributed by atoms with E-state index >= 15 is 0 Å². The molecule has 0 saturated heterocycles. The van der Waals surface area contributed by atoms with Crippen molar-refractivity contribution in [2.24, 2.45) is 0 Å². The van der Waals surface area contributed by atoms with E-state index in [-0.39, 0.29) is 0 Å². The molecule has 0 spiro atoms. The molecular weight excluding hydrogens is 314 g/mol. The van der Waals surface area contributed by atoms with Crippen molar-refractivity contribution in [2.45, 2.75) is 0 Å². The fourth-order valence-electron chi connectivity index (χ4n) is 1.20. The van der Waals surface area contributed by atoms with Crippen molar-refractivity contribution in [2.75, 3.05) is 0 Å². The van der Waals surface area contributed by atoms with Gasteiger partial charge < -0.3 is 4.98 Å². The molecule has 0 saturated carbocycles. The molecule has 0 fully saturated rings. The van der Waals surface area contributed by atoms with Gasteiger partial charge in [-0.05, 0) is 28.1 Å². The number of aromatic nitrogens is 1. The van der Waals surface area contributed by atoms with Crippen molar-refractivity contribution >= 4 is 54.9 Å². The molecule has 13 heavy (non-hydrogen) atoms. The Labute approximate surface area is 97.4 Å². The molecule has 0 radical (unpaired) electrons. The van der Waals surface area contributed by atoms with Gasteiger partial charge in [-0.15, -0.1) is 0 Å². The highest BCUT2D eigenvalue weighted by Crippen LogP contribution is 2.26. The van der Waals surface area contributed by atoms with Crippen molar-refractivity contribution in [3.8, 4) is 0 Å². The summed E-state index contributed by atoms with van der Waals surface area (Å²) >= 11 is 12.1. The minimum absolute atomic E-state index is 0.763. The SMILES string of the molecule is S=c1[nH]cc(Br)c2ccc(Br)cc12. The van der Waals surface area contributed by atoms with E-state index in [2.05, 4.69) is 36.8 Å². The smallest absolute Gasteiger partial charge is 0.111 e. The van der Waals surface area contributed by atoms with E-state index in [0.717, 1.165) is 24.4 Å². The van der Waals surface area contributed by atoms with Crippen LogP contribution in [0.4, 0.5) is 0 Å². The summed E-state index contributed by atoms with van der Waals surface area (Å²) in [7, 11) is 0. The number of H-pyrrole nitrogens is 1. The van der Waals surface area contributed by atoms with Crippen molar-refractivity contribution < 1.29 is 0 Å². The van der Waals surface area contributed by atoms with Crippen molar-refractivity contribution in [1.29, 1.82) is 0 Å². The second kappa shape index (κ2) is 3.52. The highest BCUT2D eigenvalue weighted by Gasteiger charge is 2.00. The van der Waals surface area contributed by atoms with Crippen LogP contribution in [0.5, 0.6) is 0 Å². The van der Waals surface area contributed by atoms with Gasteiger partial charge in [0, 0.05) is 25.9 Å². The number of hydrogen-bond acceptors (Lipinski definition) is 1. The lowest BCUT2D eigenvalue weighted by Gasteiger charge is -2.00. The molecule has 0 amide bonds. The summed E-state index contributed by atoms with van der Waals surface area (Å²) in [6.07, 6.45) is 1.86. The molecule has 1 N–H and O–H groups in total. The summed E-state index contributed by atoms with van der Waals surface area (Å²) in [6.45, 7) is 0. The fraction of sp³-hybridized carbons (Fsp3) is 0. The Morgan fingerprint density at radius 2 is 1.92 bits per heavy atom. The van der Waals surface area contributed by atoms with Crippen LogP contribution in [0.1, 0.15) is 0 Å². The molecule has 0 aliphatic rings. The summed E-state index contributed by atoms with van der Waals surface area (Å²) < 4.78 is 2.83. The number of fused-ring (bicyclic) bond motifs is 1. The maximum Gasteiger partial charge on any atom is 0.111 e. The number of pyridine rings is 1. The Morgan fingerprint density at radius 1 is 1.15 bits per heavy atom. The molecule has 1 nitrogen and oxygen atoms in total. The third-order valence-corrected chi connectivity index (χ3v) is 3.30. The topological polar surface area (TPSA) is 15.8 Å². The van der Waals surface area contributed by atoms with Gasteiger partial charge in [0.1, 0.15) is 4.64 Å². The largest absolute Gasteiger partial charge is 0.351 e. The zero-order chi connectivity index (χ0) is 9.42. The zero-order valence-electron chi connectivity index (χ0n) is 6.47. The lowest BCUT2D eigenvalue weighted by Crippen LogP contribution is -1.80. The van der Waals surface area contributed by atoms with Crippen LogP contribution in [0.15, 0.2) is 33.3 Å². The van der Waals surface area contributed by atoms with Crippen LogP contribution in [0.25, 0.3) is 10.8 Å². The molecular formula is C9H5Br2NS. The average Bonchev–Trinajstić information content (AvgIpc) is 2.12. The van der Waals surface area contributed by atoms with Gasteiger partial charge >= 0.3 is 0 Å². The quantitative estimate of drug-likeness (QED) is 0.711.